The average molecular weight is 351 g/mol. The van der Waals surface area contributed by atoms with Gasteiger partial charge in [0.15, 0.2) is 0 Å². The number of anilines is 1. The number of hydrogen-bond acceptors (Lipinski definition) is 5. The van der Waals surface area contributed by atoms with Crippen molar-refractivity contribution in [1.82, 2.24) is 0 Å². The molecular formula is C17H18FNO6. The zero-order valence-corrected chi connectivity index (χ0v) is 13.8. The van der Waals surface area contributed by atoms with Gasteiger partial charge in [0, 0.05) is 18.7 Å². The SMILES string of the molecule is COCCOc1ccc(F)cc1NC(=O)c1c(C)coc1CC(=O)O. The quantitative estimate of drug-likeness (QED) is 0.710. The summed E-state index contributed by atoms with van der Waals surface area (Å²) in [5, 5.41) is 11.4. The minimum Gasteiger partial charge on any atom is -0.489 e. The Hall–Kier alpha value is -2.87. The van der Waals surface area contributed by atoms with E-state index in [-0.39, 0.29) is 29.4 Å². The number of methoxy groups -OCH3 is 1. The normalized spacial score (nSPS) is 10.5. The van der Waals surface area contributed by atoms with Crippen LogP contribution in [0.1, 0.15) is 21.7 Å². The van der Waals surface area contributed by atoms with E-state index in [9.17, 15) is 14.0 Å². The van der Waals surface area contributed by atoms with Crippen LogP contribution in [-0.4, -0.2) is 37.3 Å². The van der Waals surface area contributed by atoms with Crippen molar-refractivity contribution in [2.75, 3.05) is 25.6 Å². The fourth-order valence-electron chi connectivity index (χ4n) is 2.22. The largest absolute Gasteiger partial charge is 0.489 e. The van der Waals surface area contributed by atoms with Gasteiger partial charge in [-0.3, -0.25) is 9.59 Å². The van der Waals surface area contributed by atoms with Gasteiger partial charge in [-0.05, 0) is 19.1 Å². The summed E-state index contributed by atoms with van der Waals surface area (Å²) >= 11 is 0. The number of furan rings is 1. The summed E-state index contributed by atoms with van der Waals surface area (Å²) in [7, 11) is 1.52. The minimum absolute atomic E-state index is 0.0285. The zero-order chi connectivity index (χ0) is 18.4. The van der Waals surface area contributed by atoms with E-state index >= 15 is 0 Å². The maximum atomic E-state index is 13.5. The molecule has 0 aliphatic rings. The van der Waals surface area contributed by atoms with Gasteiger partial charge in [-0.2, -0.15) is 0 Å². The molecule has 0 radical (unpaired) electrons. The van der Waals surface area contributed by atoms with Gasteiger partial charge in [-0.15, -0.1) is 0 Å². The molecule has 0 aliphatic carbocycles. The number of carboxylic acids is 1. The van der Waals surface area contributed by atoms with Crippen LogP contribution in [0.25, 0.3) is 0 Å². The summed E-state index contributed by atoms with van der Waals surface area (Å²) in [5.74, 6) is -1.99. The first-order valence-electron chi connectivity index (χ1n) is 7.43. The number of benzene rings is 1. The molecule has 0 fully saturated rings. The van der Waals surface area contributed by atoms with Crippen LogP contribution in [0.15, 0.2) is 28.9 Å². The van der Waals surface area contributed by atoms with Crippen LogP contribution in [0.5, 0.6) is 5.75 Å². The van der Waals surface area contributed by atoms with Gasteiger partial charge < -0.3 is 24.3 Å². The van der Waals surface area contributed by atoms with Crippen LogP contribution in [0.3, 0.4) is 0 Å². The number of carbonyl (C=O) groups excluding carboxylic acids is 1. The standard InChI is InChI=1S/C17H18FNO6/c1-10-9-25-14(8-15(20)21)16(10)17(22)19-12-7-11(18)3-4-13(12)24-6-5-23-2/h3-4,7,9H,5-6,8H2,1-2H3,(H,19,22)(H,20,21). The fourth-order valence-corrected chi connectivity index (χ4v) is 2.22. The Kier molecular flexibility index (Phi) is 6.13. The summed E-state index contributed by atoms with van der Waals surface area (Å²) in [5.41, 5.74) is 0.712. The first-order chi connectivity index (χ1) is 11.9. The Labute approximate surface area is 143 Å². The lowest BCUT2D eigenvalue weighted by atomic mass is 10.1. The van der Waals surface area contributed by atoms with Gasteiger partial charge in [0.05, 0.1) is 24.1 Å². The number of carboxylic acid groups (broad SMARTS) is 1. The molecule has 25 heavy (non-hydrogen) atoms. The highest BCUT2D eigenvalue weighted by atomic mass is 19.1. The number of rotatable bonds is 8. The molecule has 8 heteroatoms. The molecule has 2 rings (SSSR count). The molecule has 2 aromatic rings. The van der Waals surface area contributed by atoms with Gasteiger partial charge in [-0.25, -0.2) is 4.39 Å². The van der Waals surface area contributed by atoms with E-state index in [4.69, 9.17) is 19.0 Å². The first-order valence-corrected chi connectivity index (χ1v) is 7.43. The van der Waals surface area contributed by atoms with Gasteiger partial charge in [-0.1, -0.05) is 0 Å². The Morgan fingerprint density at radius 2 is 2.08 bits per heavy atom. The summed E-state index contributed by atoms with van der Waals surface area (Å²) in [6.07, 6.45) is 0.867. The third kappa shape index (κ3) is 4.80. The van der Waals surface area contributed by atoms with E-state index in [0.717, 1.165) is 6.07 Å². The number of aryl methyl sites for hydroxylation is 1. The molecule has 134 valence electrons. The molecule has 0 aliphatic heterocycles. The van der Waals surface area contributed by atoms with Gasteiger partial charge in [0.25, 0.3) is 5.91 Å². The van der Waals surface area contributed by atoms with Crippen molar-refractivity contribution < 1.29 is 33.0 Å². The van der Waals surface area contributed by atoms with Crippen molar-refractivity contribution in [2.45, 2.75) is 13.3 Å². The molecule has 2 N–H and O–H groups in total. The van der Waals surface area contributed by atoms with Crippen molar-refractivity contribution >= 4 is 17.6 Å². The second-order valence-corrected chi connectivity index (χ2v) is 5.22. The van der Waals surface area contributed by atoms with Gasteiger partial charge in [0.2, 0.25) is 0 Å². The lowest BCUT2D eigenvalue weighted by Crippen LogP contribution is -2.17. The second kappa shape index (κ2) is 8.29. The van der Waals surface area contributed by atoms with E-state index in [0.29, 0.717) is 12.2 Å². The van der Waals surface area contributed by atoms with Crippen molar-refractivity contribution in [3.8, 4) is 5.75 Å². The van der Waals surface area contributed by atoms with Crippen LogP contribution in [0, 0.1) is 12.7 Å². The third-order valence-corrected chi connectivity index (χ3v) is 3.32. The molecule has 1 amide bonds. The predicted molar refractivity (Wildman–Crippen MR) is 86.5 cm³/mol. The van der Waals surface area contributed by atoms with E-state index in [1.807, 2.05) is 0 Å². The number of carbonyl (C=O) groups is 2. The summed E-state index contributed by atoms with van der Waals surface area (Å²) in [6.45, 7) is 2.17. The highest BCUT2D eigenvalue weighted by molar-refractivity contribution is 6.07. The maximum Gasteiger partial charge on any atom is 0.311 e. The van der Waals surface area contributed by atoms with E-state index in [1.165, 1.54) is 25.5 Å². The molecule has 7 nitrogen and oxygen atoms in total. The van der Waals surface area contributed by atoms with Crippen LogP contribution in [0.2, 0.25) is 0 Å². The van der Waals surface area contributed by atoms with Crippen LogP contribution in [0.4, 0.5) is 10.1 Å². The molecule has 0 spiro atoms. The number of ether oxygens (including phenoxy) is 2. The second-order valence-electron chi connectivity index (χ2n) is 5.22. The molecule has 1 aromatic heterocycles. The van der Waals surface area contributed by atoms with Crippen molar-refractivity contribution in [3.63, 3.8) is 0 Å². The lowest BCUT2D eigenvalue weighted by Gasteiger charge is -2.13. The van der Waals surface area contributed by atoms with Crippen molar-refractivity contribution in [3.05, 3.63) is 47.2 Å². The Morgan fingerprint density at radius 3 is 2.76 bits per heavy atom. The molecule has 0 saturated carbocycles. The van der Waals surface area contributed by atoms with E-state index < -0.39 is 24.1 Å². The van der Waals surface area contributed by atoms with E-state index in [1.54, 1.807) is 6.92 Å². The molecule has 0 unspecified atom stereocenters. The Balaban J connectivity index is 2.24. The number of hydrogen-bond donors (Lipinski definition) is 2. The van der Waals surface area contributed by atoms with Crippen LogP contribution >= 0.6 is 0 Å². The first kappa shape index (κ1) is 18.5. The number of nitrogens with one attached hydrogen (secondary N) is 1. The predicted octanol–water partition coefficient (Wildman–Crippen LogP) is 2.63. The van der Waals surface area contributed by atoms with Gasteiger partial charge >= 0.3 is 5.97 Å². The highest BCUT2D eigenvalue weighted by Crippen LogP contribution is 2.27. The Bertz CT molecular complexity index is 770. The van der Waals surface area contributed by atoms with Crippen molar-refractivity contribution in [1.29, 1.82) is 0 Å². The monoisotopic (exact) mass is 351 g/mol. The number of amides is 1. The molecule has 0 atom stereocenters. The lowest BCUT2D eigenvalue weighted by molar-refractivity contribution is -0.136. The zero-order valence-electron chi connectivity index (χ0n) is 13.8. The smallest absolute Gasteiger partial charge is 0.311 e. The van der Waals surface area contributed by atoms with E-state index in [2.05, 4.69) is 5.32 Å². The van der Waals surface area contributed by atoms with Gasteiger partial charge in [0.1, 0.15) is 30.4 Å². The van der Waals surface area contributed by atoms with Crippen LogP contribution < -0.4 is 10.1 Å². The summed E-state index contributed by atoms with van der Waals surface area (Å²) in [6, 6.07) is 3.71. The van der Waals surface area contributed by atoms with Crippen LogP contribution in [-0.2, 0) is 16.0 Å². The number of halogens is 1. The number of aliphatic carboxylic acids is 1. The third-order valence-electron chi connectivity index (χ3n) is 3.32. The highest BCUT2D eigenvalue weighted by Gasteiger charge is 2.21. The average Bonchev–Trinajstić information content (AvgIpc) is 2.89. The topological polar surface area (TPSA) is 98.0 Å². The minimum atomic E-state index is -1.13. The Morgan fingerprint density at radius 1 is 1.32 bits per heavy atom. The maximum absolute atomic E-state index is 13.5. The molecule has 0 bridgehead atoms. The fraction of sp³-hybridized carbons (Fsp3) is 0.294. The summed E-state index contributed by atoms with van der Waals surface area (Å²) in [4.78, 5) is 23.4. The van der Waals surface area contributed by atoms with Crippen molar-refractivity contribution in [2.24, 2.45) is 0 Å². The molecule has 0 saturated heterocycles. The summed E-state index contributed by atoms with van der Waals surface area (Å²) < 4.78 is 29.0. The molecule has 1 heterocycles. The molecule has 1 aromatic carbocycles. The molecular weight excluding hydrogens is 333 g/mol.